The van der Waals surface area contributed by atoms with Crippen molar-refractivity contribution in [1.82, 2.24) is 10.2 Å². The molecule has 6 rings (SSSR count). The number of nitrogens with one attached hydrogen (secondary N) is 1. The summed E-state index contributed by atoms with van der Waals surface area (Å²) in [5.41, 5.74) is -1.98. The third kappa shape index (κ3) is 4.15. The molecule has 0 amide bonds. The Labute approximate surface area is 205 Å². The Bertz CT molecular complexity index is 1800. The van der Waals surface area contributed by atoms with Gasteiger partial charge in [-0.05, 0) is 35.9 Å². The van der Waals surface area contributed by atoms with Crippen molar-refractivity contribution in [3.63, 3.8) is 0 Å². The fourth-order valence-electron chi connectivity index (χ4n) is 4.27. The predicted octanol–water partition coefficient (Wildman–Crippen LogP) is 5.31. The minimum absolute atomic E-state index is 0.331. The van der Waals surface area contributed by atoms with Gasteiger partial charge in [0.1, 0.15) is 30.2 Å². The van der Waals surface area contributed by atoms with Gasteiger partial charge >= 0.3 is 5.51 Å². The highest BCUT2D eigenvalue weighted by atomic mass is 32.2. The molecular formula is C24H14F5N3O4S. The van der Waals surface area contributed by atoms with Crippen LogP contribution in [0.2, 0.25) is 0 Å². The highest BCUT2D eigenvalue weighted by Gasteiger charge is 2.37. The van der Waals surface area contributed by atoms with Crippen LogP contribution in [-0.2, 0) is 17.2 Å². The molecule has 0 saturated heterocycles. The number of aryl methyl sites for hydroxylation is 1. The molecule has 0 atom stereocenters. The van der Waals surface area contributed by atoms with Gasteiger partial charge in [-0.1, -0.05) is 12.1 Å². The van der Waals surface area contributed by atoms with Crippen LogP contribution in [0.1, 0.15) is 0 Å². The summed E-state index contributed by atoms with van der Waals surface area (Å²) in [7, 11) is -4.22. The molecule has 13 heteroatoms. The Morgan fingerprint density at radius 3 is 2.38 bits per heavy atom. The molecule has 2 aromatic heterocycles. The van der Waals surface area contributed by atoms with Gasteiger partial charge in [0.15, 0.2) is 10.1 Å². The average molecular weight is 535 g/mol. The van der Waals surface area contributed by atoms with Crippen LogP contribution in [0.3, 0.4) is 0 Å². The molecule has 0 unspecified atom stereocenters. The number of rotatable bonds is 1. The van der Waals surface area contributed by atoms with Gasteiger partial charge in [-0.3, -0.25) is 5.10 Å². The standard InChI is InChI=1S/C23H13F2N3O.CHF3O3S/c1-28-18-8-12(13-10-26-27-11-13)7-17(25)21(18)15-3-2-4-20-22(15)23(28)16-9-14(24)5-6-19(16)29-20;2-1(3,4)8(5,6)7/h2-11H,1H3;(H,5,6,7). The molecule has 1 N–H and O–H groups in total. The number of aromatic amines is 1. The highest BCUT2D eigenvalue weighted by molar-refractivity contribution is 7.86. The summed E-state index contributed by atoms with van der Waals surface area (Å²) in [6.07, 6.45) is 3.38. The normalized spacial score (nSPS) is 12.6. The van der Waals surface area contributed by atoms with Crippen molar-refractivity contribution in [3.8, 4) is 33.9 Å². The Hall–Kier alpha value is -4.10. The number of aromatic nitrogens is 3. The van der Waals surface area contributed by atoms with Crippen LogP contribution in [0.25, 0.3) is 44.1 Å². The average Bonchev–Trinajstić information content (AvgIpc) is 3.35. The third-order valence-corrected chi connectivity index (χ3v) is 6.40. The zero-order valence-electron chi connectivity index (χ0n) is 18.6. The van der Waals surface area contributed by atoms with Gasteiger partial charge < -0.3 is 9.29 Å². The van der Waals surface area contributed by atoms with E-state index >= 15 is 4.39 Å². The third-order valence-electron chi connectivity index (χ3n) is 5.83. The lowest BCUT2D eigenvalue weighted by Crippen LogP contribution is -2.33. The smallest absolute Gasteiger partial charge is 0.485 e. The lowest BCUT2D eigenvalue weighted by Gasteiger charge is -2.20. The molecule has 1 aliphatic heterocycles. The lowest BCUT2D eigenvalue weighted by molar-refractivity contribution is -0.632. The molecule has 37 heavy (non-hydrogen) atoms. The molecule has 0 saturated carbocycles. The molecule has 3 heterocycles. The minimum atomic E-state index is -6.09. The zero-order valence-corrected chi connectivity index (χ0v) is 19.4. The number of fused-ring (bicyclic) bond motifs is 4. The van der Waals surface area contributed by atoms with Gasteiger partial charge in [0.05, 0.1) is 22.5 Å². The monoisotopic (exact) mass is 535 g/mol. The topological polar surface area (TPSA) is 99.0 Å². The maximum absolute atomic E-state index is 15.3. The number of hydrogen-bond donors (Lipinski definition) is 1. The quantitative estimate of drug-likeness (QED) is 0.101. The van der Waals surface area contributed by atoms with E-state index in [0.717, 1.165) is 22.0 Å². The number of halogens is 5. The fourth-order valence-corrected chi connectivity index (χ4v) is 4.27. The first-order valence-corrected chi connectivity index (χ1v) is 11.8. The van der Waals surface area contributed by atoms with E-state index in [1.165, 1.54) is 18.2 Å². The number of alkyl halides is 3. The molecule has 190 valence electrons. The first-order valence-electron chi connectivity index (χ1n) is 10.4. The predicted molar refractivity (Wildman–Crippen MR) is 121 cm³/mol. The van der Waals surface area contributed by atoms with Crippen molar-refractivity contribution in [2.75, 3.05) is 0 Å². The number of H-pyrrole nitrogens is 1. The second kappa shape index (κ2) is 8.49. The number of benzene rings is 3. The van der Waals surface area contributed by atoms with E-state index in [-0.39, 0.29) is 11.6 Å². The number of hydrogen-bond acceptors (Lipinski definition) is 5. The van der Waals surface area contributed by atoms with E-state index in [1.807, 2.05) is 35.9 Å². The van der Waals surface area contributed by atoms with Crippen LogP contribution < -0.4 is 9.30 Å². The van der Waals surface area contributed by atoms with E-state index in [4.69, 9.17) is 17.7 Å². The summed E-state index contributed by atoms with van der Waals surface area (Å²) in [4.78, 5) is 0. The number of pyridine rings is 1. The molecule has 0 radical (unpaired) electrons. The summed E-state index contributed by atoms with van der Waals surface area (Å²) in [5, 5.41) is 8.73. The molecule has 7 nitrogen and oxygen atoms in total. The van der Waals surface area contributed by atoms with Crippen LogP contribution in [0.4, 0.5) is 22.0 Å². The second-order valence-electron chi connectivity index (χ2n) is 8.07. The highest BCUT2D eigenvalue weighted by Crippen LogP contribution is 2.47. The summed E-state index contributed by atoms with van der Waals surface area (Å²) in [6.45, 7) is 0. The van der Waals surface area contributed by atoms with Crippen molar-refractivity contribution in [2.24, 2.45) is 7.05 Å². The van der Waals surface area contributed by atoms with Crippen LogP contribution in [-0.4, -0.2) is 28.7 Å². The minimum Gasteiger partial charge on any atom is -0.741 e. The molecule has 0 aliphatic carbocycles. The van der Waals surface area contributed by atoms with Gasteiger partial charge in [0, 0.05) is 23.2 Å². The summed E-state index contributed by atoms with van der Waals surface area (Å²) in [6, 6.07) is 13.5. The molecule has 1 aliphatic rings. The van der Waals surface area contributed by atoms with Crippen LogP contribution in [0.15, 0.2) is 60.9 Å². The zero-order chi connectivity index (χ0) is 26.7. The number of nitrogens with zero attached hydrogens (tertiary/aromatic N) is 2. The largest absolute Gasteiger partial charge is 0.741 e. The maximum atomic E-state index is 15.3. The first-order chi connectivity index (χ1) is 17.4. The Kier molecular flexibility index (Phi) is 5.64. The molecular weight excluding hydrogens is 521 g/mol. The van der Waals surface area contributed by atoms with Crippen molar-refractivity contribution < 1.29 is 44.2 Å². The lowest BCUT2D eigenvalue weighted by atomic mass is 9.94. The van der Waals surface area contributed by atoms with Gasteiger partial charge in [-0.2, -0.15) is 22.8 Å². The Morgan fingerprint density at radius 2 is 1.73 bits per heavy atom. The van der Waals surface area contributed by atoms with E-state index in [1.54, 1.807) is 18.5 Å². The van der Waals surface area contributed by atoms with Gasteiger partial charge in [-0.15, -0.1) is 0 Å². The molecule has 5 aromatic rings. The summed E-state index contributed by atoms with van der Waals surface area (Å²) >= 11 is 0. The first kappa shape index (κ1) is 24.6. The Balaban J connectivity index is 0.000000307. The van der Waals surface area contributed by atoms with E-state index in [0.29, 0.717) is 33.5 Å². The van der Waals surface area contributed by atoms with Gasteiger partial charge in [0.25, 0.3) is 0 Å². The van der Waals surface area contributed by atoms with Crippen molar-refractivity contribution in [1.29, 1.82) is 0 Å². The van der Waals surface area contributed by atoms with Crippen LogP contribution in [0, 0.1) is 11.6 Å². The summed E-state index contributed by atoms with van der Waals surface area (Å²) < 4.78 is 96.3. The molecule has 0 bridgehead atoms. The van der Waals surface area contributed by atoms with Crippen molar-refractivity contribution in [2.45, 2.75) is 5.51 Å². The van der Waals surface area contributed by atoms with E-state index in [2.05, 4.69) is 10.2 Å². The molecule has 0 fully saturated rings. The molecule has 0 spiro atoms. The number of ether oxygens (including phenoxy) is 1. The van der Waals surface area contributed by atoms with Crippen LogP contribution in [0.5, 0.6) is 11.5 Å². The second-order valence-corrected chi connectivity index (χ2v) is 9.44. The maximum Gasteiger partial charge on any atom is 0.485 e. The van der Waals surface area contributed by atoms with E-state index < -0.39 is 15.6 Å². The molecule has 3 aromatic carbocycles. The SMILES string of the molecule is C[n+]1c2c3c(cccc3c3c(F)cc(-c4cn[nH]c4)cc31)Oc1ccc(F)cc1-2.O=S(=O)([O-])C(F)(F)F. The van der Waals surface area contributed by atoms with Crippen molar-refractivity contribution in [3.05, 3.63) is 72.6 Å². The van der Waals surface area contributed by atoms with E-state index in [9.17, 15) is 17.6 Å². The summed E-state index contributed by atoms with van der Waals surface area (Å²) in [5.74, 6) is 0.529. The van der Waals surface area contributed by atoms with Gasteiger partial charge in [-0.25, -0.2) is 17.2 Å². The fraction of sp³-hybridized carbons (Fsp3) is 0.0833. The Morgan fingerprint density at radius 1 is 1.00 bits per heavy atom. The van der Waals surface area contributed by atoms with Crippen LogP contribution >= 0.6 is 0 Å². The van der Waals surface area contributed by atoms with Gasteiger partial charge in [0.2, 0.25) is 11.2 Å². The van der Waals surface area contributed by atoms with Crippen molar-refractivity contribution >= 4 is 31.8 Å².